The van der Waals surface area contributed by atoms with Crippen molar-refractivity contribution in [3.05, 3.63) is 71.8 Å². The maximum Gasteiger partial charge on any atom is 0.0541 e. The molecule has 4 fully saturated rings. The van der Waals surface area contributed by atoms with Gasteiger partial charge in [0.1, 0.15) is 0 Å². The van der Waals surface area contributed by atoms with Crippen LogP contribution in [0.15, 0.2) is 60.7 Å². The molecule has 39 heavy (non-hydrogen) atoms. The molecule has 0 aliphatic heterocycles. The van der Waals surface area contributed by atoms with Crippen molar-refractivity contribution in [1.29, 1.82) is 0 Å². The monoisotopic (exact) mass is 540 g/mol. The highest BCUT2D eigenvalue weighted by Crippen LogP contribution is 2.65. The third-order valence-corrected chi connectivity index (χ3v) is 18.2. The highest BCUT2D eigenvalue weighted by molar-refractivity contribution is 6.80. The molecule has 0 heterocycles. The van der Waals surface area contributed by atoms with Crippen molar-refractivity contribution in [2.45, 2.75) is 127 Å². The summed E-state index contributed by atoms with van der Waals surface area (Å²) < 4.78 is 0. The Morgan fingerprint density at radius 2 is 0.923 bits per heavy atom. The average Bonchev–Trinajstić information content (AvgIpc) is 3.54. The third kappa shape index (κ3) is 5.60. The fourth-order valence-corrected chi connectivity index (χ4v) is 16.6. The Bertz CT molecular complexity index is 959. The summed E-state index contributed by atoms with van der Waals surface area (Å²) in [5.74, 6) is 7.52. The second kappa shape index (κ2) is 11.9. The Kier molecular flexibility index (Phi) is 8.46. The SMILES string of the molecule is CC(CC1CC([Si](C)(C)C2CC(CC(C)c3ccccc3)C3CCCCC32)C2CCCCC12)c1ccccc1. The highest BCUT2D eigenvalue weighted by atomic mass is 28.3. The van der Waals surface area contributed by atoms with Crippen LogP contribution >= 0.6 is 0 Å². The van der Waals surface area contributed by atoms with Crippen LogP contribution in [0.1, 0.15) is 114 Å². The third-order valence-electron chi connectivity index (χ3n) is 13.1. The minimum absolute atomic E-state index is 0.709. The Morgan fingerprint density at radius 3 is 1.31 bits per heavy atom. The average molecular weight is 541 g/mol. The van der Waals surface area contributed by atoms with Gasteiger partial charge in [0.05, 0.1) is 8.07 Å². The molecule has 0 aromatic heterocycles. The Labute approximate surface area is 241 Å². The van der Waals surface area contributed by atoms with Gasteiger partial charge in [-0.3, -0.25) is 0 Å². The normalized spacial score (nSPS) is 36.2. The summed E-state index contributed by atoms with van der Waals surface area (Å²) in [6.07, 6.45) is 18.2. The zero-order valence-corrected chi connectivity index (χ0v) is 26.5. The molecule has 0 amide bonds. The van der Waals surface area contributed by atoms with Crippen molar-refractivity contribution >= 4 is 8.07 Å². The summed E-state index contributed by atoms with van der Waals surface area (Å²) in [5.41, 5.74) is 5.30. The highest BCUT2D eigenvalue weighted by Gasteiger charge is 2.57. The first kappa shape index (κ1) is 27.8. The molecule has 10 unspecified atom stereocenters. The van der Waals surface area contributed by atoms with Crippen molar-refractivity contribution in [3.8, 4) is 0 Å². The summed E-state index contributed by atoms with van der Waals surface area (Å²) in [7, 11) is -1.40. The molecule has 0 radical (unpaired) electrons. The van der Waals surface area contributed by atoms with E-state index in [-0.39, 0.29) is 0 Å². The first-order valence-corrected chi connectivity index (χ1v) is 20.2. The van der Waals surface area contributed by atoms with Gasteiger partial charge in [0.15, 0.2) is 0 Å². The zero-order chi connectivity index (χ0) is 27.0. The van der Waals surface area contributed by atoms with Gasteiger partial charge in [-0.05, 0) is 108 Å². The molecule has 2 aromatic rings. The second-order valence-corrected chi connectivity index (χ2v) is 20.5. The van der Waals surface area contributed by atoms with Crippen LogP contribution < -0.4 is 0 Å². The summed E-state index contributed by atoms with van der Waals surface area (Å²) >= 11 is 0. The van der Waals surface area contributed by atoms with E-state index in [0.717, 1.165) is 46.6 Å². The lowest BCUT2D eigenvalue weighted by atomic mass is 9.75. The van der Waals surface area contributed by atoms with E-state index in [0.29, 0.717) is 11.8 Å². The lowest BCUT2D eigenvalue weighted by molar-refractivity contribution is 0.210. The fraction of sp³-hybridized carbons (Fsp3) is 0.684. The Morgan fingerprint density at radius 1 is 0.564 bits per heavy atom. The molecule has 2 aromatic carbocycles. The Hall–Kier alpha value is -1.34. The van der Waals surface area contributed by atoms with Crippen molar-refractivity contribution in [3.63, 3.8) is 0 Å². The van der Waals surface area contributed by atoms with Crippen molar-refractivity contribution in [1.82, 2.24) is 0 Å². The molecular formula is C38H56Si. The van der Waals surface area contributed by atoms with Crippen LogP contribution in [0.5, 0.6) is 0 Å². The molecule has 10 atom stereocenters. The van der Waals surface area contributed by atoms with Gasteiger partial charge in [0, 0.05) is 0 Å². The smallest absolute Gasteiger partial charge is 0.0541 e. The predicted octanol–water partition coefficient (Wildman–Crippen LogP) is 11.5. The van der Waals surface area contributed by atoms with Gasteiger partial charge in [-0.25, -0.2) is 0 Å². The predicted molar refractivity (Wildman–Crippen MR) is 171 cm³/mol. The lowest BCUT2D eigenvalue weighted by Gasteiger charge is -2.45. The van der Waals surface area contributed by atoms with E-state index in [1.807, 2.05) is 0 Å². The molecule has 1 heteroatoms. The molecule has 0 N–H and O–H groups in total. The van der Waals surface area contributed by atoms with Crippen LogP contribution in [-0.2, 0) is 0 Å². The van der Waals surface area contributed by atoms with E-state index < -0.39 is 8.07 Å². The van der Waals surface area contributed by atoms with Gasteiger partial charge in [0.25, 0.3) is 0 Å². The number of benzene rings is 2. The first-order valence-electron chi connectivity index (χ1n) is 17.0. The molecule has 0 bridgehead atoms. The van der Waals surface area contributed by atoms with E-state index >= 15 is 0 Å². The minimum atomic E-state index is -1.40. The molecule has 0 saturated heterocycles. The van der Waals surface area contributed by atoms with E-state index in [2.05, 4.69) is 87.6 Å². The van der Waals surface area contributed by atoms with Crippen LogP contribution in [0.4, 0.5) is 0 Å². The van der Waals surface area contributed by atoms with Crippen LogP contribution in [-0.4, -0.2) is 8.07 Å². The van der Waals surface area contributed by atoms with Crippen LogP contribution in [0, 0.1) is 35.5 Å². The standard InChI is InChI=1S/C38H56Si/c1-27(29-15-7-5-8-16-29)23-31-25-37(35-21-13-11-19-33(31)35)39(3,4)38-26-32(34-20-12-14-22-36(34)38)24-28(2)30-17-9-6-10-18-30/h5-10,15-18,27-28,31-38H,11-14,19-26H2,1-4H3. The van der Waals surface area contributed by atoms with Gasteiger partial charge in [0.2, 0.25) is 0 Å². The van der Waals surface area contributed by atoms with Crippen molar-refractivity contribution in [2.75, 3.05) is 0 Å². The maximum absolute atomic E-state index is 2.91. The number of hydrogen-bond donors (Lipinski definition) is 0. The van der Waals surface area contributed by atoms with Crippen LogP contribution in [0.3, 0.4) is 0 Å². The van der Waals surface area contributed by atoms with Crippen molar-refractivity contribution < 1.29 is 0 Å². The summed E-state index contributed by atoms with van der Waals surface area (Å²) in [5, 5.41) is 0. The summed E-state index contributed by atoms with van der Waals surface area (Å²) in [6.45, 7) is 10.9. The lowest BCUT2D eigenvalue weighted by Crippen LogP contribution is -2.43. The van der Waals surface area contributed by atoms with Gasteiger partial charge < -0.3 is 0 Å². The number of hydrogen-bond acceptors (Lipinski definition) is 0. The minimum Gasteiger partial charge on any atom is -0.0689 e. The van der Waals surface area contributed by atoms with Crippen LogP contribution in [0.25, 0.3) is 0 Å². The maximum atomic E-state index is 2.91. The molecule has 4 aliphatic rings. The quantitative estimate of drug-likeness (QED) is 0.292. The second-order valence-electron chi connectivity index (χ2n) is 15.3. The molecular weight excluding hydrogens is 485 g/mol. The van der Waals surface area contributed by atoms with E-state index in [1.165, 1.54) is 51.4 Å². The summed E-state index contributed by atoms with van der Waals surface area (Å²) in [4.78, 5) is 0. The topological polar surface area (TPSA) is 0 Å². The zero-order valence-electron chi connectivity index (χ0n) is 25.5. The molecule has 0 spiro atoms. The summed E-state index contributed by atoms with van der Waals surface area (Å²) in [6, 6.07) is 22.9. The van der Waals surface area contributed by atoms with E-state index in [9.17, 15) is 0 Å². The first-order chi connectivity index (χ1) is 18.9. The van der Waals surface area contributed by atoms with Gasteiger partial charge >= 0.3 is 0 Å². The van der Waals surface area contributed by atoms with Crippen LogP contribution in [0.2, 0.25) is 24.2 Å². The molecule has 4 saturated carbocycles. The van der Waals surface area contributed by atoms with Crippen molar-refractivity contribution in [2.24, 2.45) is 35.5 Å². The molecule has 4 aliphatic carbocycles. The Balaban J connectivity index is 1.21. The molecule has 6 rings (SSSR count). The van der Waals surface area contributed by atoms with E-state index in [1.54, 1.807) is 36.8 Å². The van der Waals surface area contributed by atoms with E-state index in [4.69, 9.17) is 0 Å². The largest absolute Gasteiger partial charge is 0.0689 e. The van der Waals surface area contributed by atoms with Gasteiger partial charge in [-0.1, -0.05) is 126 Å². The van der Waals surface area contributed by atoms with Gasteiger partial charge in [-0.15, -0.1) is 0 Å². The number of rotatable bonds is 8. The van der Waals surface area contributed by atoms with Gasteiger partial charge in [-0.2, -0.15) is 0 Å². The fourth-order valence-electron chi connectivity index (χ4n) is 11.2. The number of fused-ring (bicyclic) bond motifs is 2. The molecule has 212 valence electrons. The molecule has 0 nitrogen and oxygen atoms in total.